The number of rotatable bonds is 5. The van der Waals surface area contributed by atoms with E-state index >= 15 is 0 Å². The maximum atomic E-state index is 11.6. The summed E-state index contributed by atoms with van der Waals surface area (Å²) < 4.78 is 12.4. The standard InChI is InChI=1S/C23H18N4O4S2/c1-14-5-3-6-15(2)22(14)25-23-26(18(12-33-23)21-7-4-8-32-21)24-11-16-9-19-20(31-13-30-19)10-17(16)27(28)29/h3-12H,13H2,1-2H3. The second-order valence-electron chi connectivity index (χ2n) is 7.31. The molecule has 5 rings (SSSR count). The van der Waals surface area contributed by atoms with Crippen LogP contribution in [0.25, 0.3) is 10.6 Å². The number of hydrogen-bond donors (Lipinski definition) is 0. The molecule has 0 bridgehead atoms. The highest BCUT2D eigenvalue weighted by molar-refractivity contribution is 7.14. The first-order valence-corrected chi connectivity index (χ1v) is 11.7. The van der Waals surface area contributed by atoms with Gasteiger partial charge in [0.2, 0.25) is 11.6 Å². The largest absolute Gasteiger partial charge is 0.454 e. The fraction of sp³-hybridized carbons (Fsp3) is 0.130. The van der Waals surface area contributed by atoms with Gasteiger partial charge in [0.25, 0.3) is 5.69 Å². The molecule has 0 N–H and O–H groups in total. The van der Waals surface area contributed by atoms with E-state index in [1.54, 1.807) is 22.1 Å². The van der Waals surface area contributed by atoms with Crippen molar-refractivity contribution >= 4 is 40.3 Å². The van der Waals surface area contributed by atoms with E-state index in [0.29, 0.717) is 21.9 Å². The topological polar surface area (TPSA) is 91.2 Å². The molecule has 3 heterocycles. The molecule has 0 saturated heterocycles. The van der Waals surface area contributed by atoms with Gasteiger partial charge in [-0.3, -0.25) is 10.1 Å². The molecule has 0 amide bonds. The van der Waals surface area contributed by atoms with Crippen molar-refractivity contribution in [2.45, 2.75) is 13.8 Å². The smallest absolute Gasteiger partial charge is 0.282 e. The number of thiazole rings is 1. The highest BCUT2D eigenvalue weighted by atomic mass is 32.1. The number of benzene rings is 2. The van der Waals surface area contributed by atoms with Gasteiger partial charge in [0, 0.05) is 5.38 Å². The van der Waals surface area contributed by atoms with E-state index in [1.807, 2.05) is 54.9 Å². The summed E-state index contributed by atoms with van der Waals surface area (Å²) in [4.78, 5) is 17.8. The van der Waals surface area contributed by atoms with Crippen LogP contribution in [0, 0.1) is 24.0 Å². The fourth-order valence-electron chi connectivity index (χ4n) is 3.49. The first-order valence-electron chi connectivity index (χ1n) is 9.99. The van der Waals surface area contributed by atoms with Gasteiger partial charge >= 0.3 is 0 Å². The van der Waals surface area contributed by atoms with Crippen molar-refractivity contribution in [3.63, 3.8) is 0 Å². The van der Waals surface area contributed by atoms with Crippen LogP contribution in [-0.2, 0) is 0 Å². The Balaban J connectivity index is 1.67. The quantitative estimate of drug-likeness (QED) is 0.211. The van der Waals surface area contributed by atoms with Crippen molar-refractivity contribution in [1.29, 1.82) is 0 Å². The van der Waals surface area contributed by atoms with Crippen molar-refractivity contribution in [2.75, 3.05) is 6.79 Å². The Labute approximate surface area is 196 Å². The lowest BCUT2D eigenvalue weighted by Crippen LogP contribution is -2.12. The van der Waals surface area contributed by atoms with E-state index in [9.17, 15) is 10.1 Å². The molecule has 10 heteroatoms. The highest BCUT2D eigenvalue weighted by Crippen LogP contribution is 2.37. The minimum Gasteiger partial charge on any atom is -0.454 e. The molecule has 0 fully saturated rings. The molecule has 1 aliphatic heterocycles. The second-order valence-corrected chi connectivity index (χ2v) is 9.10. The van der Waals surface area contributed by atoms with Crippen molar-refractivity contribution in [3.05, 3.63) is 84.8 Å². The molecule has 8 nitrogen and oxygen atoms in total. The molecule has 33 heavy (non-hydrogen) atoms. The van der Waals surface area contributed by atoms with Crippen molar-refractivity contribution in [2.24, 2.45) is 10.1 Å². The lowest BCUT2D eigenvalue weighted by atomic mass is 10.1. The number of nitrogens with zero attached hydrogens (tertiary/aromatic N) is 4. The SMILES string of the molecule is Cc1cccc(C)c1N=c1scc(-c2cccs2)n1N=Cc1cc2c(cc1[N+](=O)[O-])OCO2. The van der Waals surface area contributed by atoms with Gasteiger partial charge in [0.1, 0.15) is 0 Å². The maximum absolute atomic E-state index is 11.6. The Bertz CT molecular complexity index is 1430. The summed E-state index contributed by atoms with van der Waals surface area (Å²) in [6, 6.07) is 12.9. The van der Waals surface area contributed by atoms with Gasteiger partial charge in [-0.2, -0.15) is 5.10 Å². The third kappa shape index (κ3) is 4.06. The number of ether oxygens (including phenoxy) is 2. The van der Waals surface area contributed by atoms with Crippen LogP contribution < -0.4 is 14.3 Å². The van der Waals surface area contributed by atoms with E-state index in [0.717, 1.165) is 27.4 Å². The summed E-state index contributed by atoms with van der Waals surface area (Å²) in [7, 11) is 0. The molecule has 1 aliphatic rings. The van der Waals surface area contributed by atoms with E-state index < -0.39 is 4.92 Å². The number of aromatic nitrogens is 1. The Morgan fingerprint density at radius 3 is 2.55 bits per heavy atom. The zero-order valence-corrected chi connectivity index (χ0v) is 19.4. The summed E-state index contributed by atoms with van der Waals surface area (Å²) in [5, 5.41) is 20.3. The van der Waals surface area contributed by atoms with Gasteiger partial charge < -0.3 is 9.47 Å². The Morgan fingerprint density at radius 1 is 1.09 bits per heavy atom. The van der Waals surface area contributed by atoms with Crippen LogP contribution in [0.2, 0.25) is 0 Å². The van der Waals surface area contributed by atoms with Crippen LogP contribution in [0.5, 0.6) is 11.5 Å². The minimum atomic E-state index is -0.455. The Kier molecular flexibility index (Phi) is 5.53. The summed E-state index contributed by atoms with van der Waals surface area (Å²) in [6.45, 7) is 4.07. The first-order chi connectivity index (χ1) is 16.0. The van der Waals surface area contributed by atoms with Gasteiger partial charge in [0.15, 0.2) is 11.5 Å². The number of thiophene rings is 1. The van der Waals surface area contributed by atoms with Gasteiger partial charge in [-0.1, -0.05) is 24.3 Å². The fourth-order valence-corrected chi connectivity index (χ4v) is 5.12. The molecular weight excluding hydrogens is 460 g/mol. The Morgan fingerprint density at radius 2 is 1.85 bits per heavy atom. The number of aryl methyl sites for hydroxylation is 2. The van der Waals surface area contributed by atoms with Crippen LogP contribution in [0.1, 0.15) is 16.7 Å². The van der Waals surface area contributed by atoms with Crippen molar-refractivity contribution < 1.29 is 14.4 Å². The summed E-state index contributed by atoms with van der Waals surface area (Å²) in [6.07, 6.45) is 1.47. The highest BCUT2D eigenvalue weighted by Gasteiger charge is 2.22. The number of nitro groups is 1. The zero-order chi connectivity index (χ0) is 22.9. The molecule has 166 valence electrons. The lowest BCUT2D eigenvalue weighted by Gasteiger charge is -2.05. The first kappa shape index (κ1) is 21.1. The van der Waals surface area contributed by atoms with Crippen LogP contribution in [0.15, 0.2) is 63.3 Å². The van der Waals surface area contributed by atoms with E-state index in [-0.39, 0.29) is 12.5 Å². The van der Waals surface area contributed by atoms with Gasteiger partial charge in [0.05, 0.1) is 39.0 Å². The third-order valence-corrected chi connectivity index (χ3v) is 6.85. The number of nitro benzene ring substituents is 1. The van der Waals surface area contributed by atoms with Gasteiger partial charge in [-0.25, -0.2) is 9.67 Å². The van der Waals surface area contributed by atoms with Crippen LogP contribution >= 0.6 is 22.7 Å². The minimum absolute atomic E-state index is 0.0354. The maximum Gasteiger partial charge on any atom is 0.282 e. The van der Waals surface area contributed by atoms with Gasteiger partial charge in [-0.05, 0) is 42.5 Å². The number of fused-ring (bicyclic) bond motifs is 1. The number of para-hydroxylation sites is 1. The molecule has 4 aromatic rings. The molecule has 0 unspecified atom stereocenters. The average Bonchev–Trinajstić information content (AvgIpc) is 3.54. The summed E-state index contributed by atoms with van der Waals surface area (Å²) >= 11 is 3.05. The molecular formula is C23H18N4O4S2. The van der Waals surface area contributed by atoms with E-state index in [4.69, 9.17) is 14.5 Å². The second kappa shape index (κ2) is 8.64. The average molecular weight is 479 g/mol. The molecule has 0 saturated carbocycles. The van der Waals surface area contributed by atoms with Crippen LogP contribution in [0.4, 0.5) is 11.4 Å². The van der Waals surface area contributed by atoms with Crippen LogP contribution in [0.3, 0.4) is 0 Å². The molecule has 0 spiro atoms. The molecule has 0 aliphatic carbocycles. The summed E-state index contributed by atoms with van der Waals surface area (Å²) in [5.41, 5.74) is 4.07. The zero-order valence-electron chi connectivity index (χ0n) is 17.7. The van der Waals surface area contributed by atoms with E-state index in [1.165, 1.54) is 23.6 Å². The van der Waals surface area contributed by atoms with E-state index in [2.05, 4.69) is 5.10 Å². The predicted octanol–water partition coefficient (Wildman–Crippen LogP) is 5.65. The monoisotopic (exact) mass is 478 g/mol. The van der Waals surface area contributed by atoms with Crippen molar-refractivity contribution in [3.8, 4) is 22.1 Å². The lowest BCUT2D eigenvalue weighted by molar-refractivity contribution is -0.385. The summed E-state index contributed by atoms with van der Waals surface area (Å²) in [5.74, 6) is 0.809. The van der Waals surface area contributed by atoms with Gasteiger partial charge in [-0.15, -0.1) is 22.7 Å². The van der Waals surface area contributed by atoms with Crippen LogP contribution in [-0.4, -0.2) is 22.6 Å². The normalized spacial score (nSPS) is 13.2. The van der Waals surface area contributed by atoms with Crippen molar-refractivity contribution in [1.82, 2.24) is 4.68 Å². The molecule has 2 aromatic carbocycles. The number of hydrogen-bond acceptors (Lipinski definition) is 8. The Hall–Kier alpha value is -3.76. The molecule has 0 atom stereocenters. The predicted molar refractivity (Wildman–Crippen MR) is 129 cm³/mol. The molecule has 2 aromatic heterocycles. The molecule has 0 radical (unpaired) electrons. The third-order valence-electron chi connectivity index (χ3n) is 5.14.